The molecule has 2 aromatic carbocycles. The maximum Gasteiger partial charge on any atom is 0.276 e. The third kappa shape index (κ3) is 3.65. The molecule has 0 radical (unpaired) electrons. The van der Waals surface area contributed by atoms with Crippen LogP contribution in [-0.2, 0) is 0 Å². The van der Waals surface area contributed by atoms with Crippen molar-refractivity contribution in [2.24, 2.45) is 0 Å². The second-order valence-corrected chi connectivity index (χ2v) is 7.21. The van der Waals surface area contributed by atoms with Gasteiger partial charge in [0.15, 0.2) is 5.69 Å². The van der Waals surface area contributed by atoms with Gasteiger partial charge in [-0.1, -0.05) is 18.2 Å². The first-order valence-corrected chi connectivity index (χ1v) is 9.80. The highest BCUT2D eigenvalue weighted by Gasteiger charge is 2.16. The van der Waals surface area contributed by atoms with Gasteiger partial charge in [-0.15, -0.1) is 0 Å². The van der Waals surface area contributed by atoms with Crippen LogP contribution in [0, 0.1) is 5.82 Å². The predicted molar refractivity (Wildman–Crippen MR) is 121 cm³/mol. The minimum Gasteiger partial charge on any atom is -0.397 e. The van der Waals surface area contributed by atoms with Crippen molar-refractivity contribution < 1.29 is 9.18 Å². The molecule has 4 N–H and O–H groups in total. The van der Waals surface area contributed by atoms with Crippen LogP contribution in [0.4, 0.5) is 15.8 Å². The van der Waals surface area contributed by atoms with Crippen molar-refractivity contribution in [3.8, 4) is 22.4 Å². The zero-order valence-corrected chi connectivity index (χ0v) is 16.7. The summed E-state index contributed by atoms with van der Waals surface area (Å²) in [5.74, 6) is -0.745. The summed E-state index contributed by atoms with van der Waals surface area (Å²) < 4.78 is 14.0. The molecule has 7 nitrogen and oxygen atoms in total. The summed E-state index contributed by atoms with van der Waals surface area (Å²) in [6.07, 6.45) is 4.77. The van der Waals surface area contributed by atoms with E-state index in [1.807, 2.05) is 24.3 Å². The molecule has 8 heteroatoms. The number of halogens is 1. The van der Waals surface area contributed by atoms with Crippen LogP contribution in [0.2, 0.25) is 0 Å². The molecule has 3 heterocycles. The number of pyridine rings is 2. The lowest BCUT2D eigenvalue weighted by atomic mass is 10.0. The number of nitrogens with zero attached hydrogens (tertiary/aromatic N) is 3. The number of carbonyl (C=O) groups is 1. The van der Waals surface area contributed by atoms with Crippen LogP contribution in [0.5, 0.6) is 0 Å². The number of fused-ring (bicyclic) bond motifs is 1. The molecule has 0 unspecified atom stereocenters. The Kier molecular flexibility index (Phi) is 4.79. The number of H-pyrrole nitrogens is 1. The summed E-state index contributed by atoms with van der Waals surface area (Å²) in [5, 5.41) is 10.5. The molecule has 0 saturated carbocycles. The van der Waals surface area contributed by atoms with Gasteiger partial charge >= 0.3 is 0 Å². The van der Waals surface area contributed by atoms with E-state index in [2.05, 4.69) is 25.5 Å². The summed E-state index contributed by atoms with van der Waals surface area (Å²) in [6, 6.07) is 17.2. The van der Waals surface area contributed by atoms with Gasteiger partial charge in [0.25, 0.3) is 5.91 Å². The second kappa shape index (κ2) is 7.92. The van der Waals surface area contributed by atoms with Gasteiger partial charge < -0.3 is 11.1 Å². The summed E-state index contributed by atoms with van der Waals surface area (Å²) in [4.78, 5) is 21.3. The van der Waals surface area contributed by atoms with Crippen LogP contribution < -0.4 is 11.1 Å². The third-order valence-electron chi connectivity index (χ3n) is 5.04. The largest absolute Gasteiger partial charge is 0.397 e. The maximum atomic E-state index is 14.0. The van der Waals surface area contributed by atoms with Gasteiger partial charge in [0, 0.05) is 28.9 Å². The van der Waals surface area contributed by atoms with Crippen molar-refractivity contribution in [3.63, 3.8) is 0 Å². The molecule has 5 rings (SSSR count). The Bertz CT molecular complexity index is 1440. The first-order chi connectivity index (χ1) is 15.6. The number of aromatic amines is 1. The van der Waals surface area contributed by atoms with E-state index in [1.165, 1.54) is 12.3 Å². The Morgan fingerprint density at radius 1 is 0.969 bits per heavy atom. The van der Waals surface area contributed by atoms with Crippen LogP contribution in [0.15, 0.2) is 79.3 Å². The molecule has 5 aromatic rings. The molecule has 0 atom stereocenters. The molecule has 1 amide bonds. The van der Waals surface area contributed by atoms with Gasteiger partial charge in [-0.2, -0.15) is 5.10 Å². The molecular formula is C24H17FN6O. The van der Waals surface area contributed by atoms with E-state index in [1.54, 1.807) is 42.7 Å². The van der Waals surface area contributed by atoms with Gasteiger partial charge in [-0.25, -0.2) is 4.39 Å². The molecule has 0 fully saturated rings. The zero-order valence-electron chi connectivity index (χ0n) is 16.7. The van der Waals surface area contributed by atoms with E-state index in [0.717, 1.165) is 16.6 Å². The topological polar surface area (TPSA) is 110 Å². The number of amides is 1. The summed E-state index contributed by atoms with van der Waals surface area (Å²) in [5.41, 5.74) is 10.4. The lowest BCUT2D eigenvalue weighted by molar-refractivity contribution is 0.102. The van der Waals surface area contributed by atoms with Crippen LogP contribution in [0.3, 0.4) is 0 Å². The number of hydrogen-bond donors (Lipinski definition) is 3. The van der Waals surface area contributed by atoms with Crippen molar-refractivity contribution in [1.29, 1.82) is 0 Å². The molecular weight excluding hydrogens is 407 g/mol. The number of aromatic nitrogens is 4. The summed E-state index contributed by atoms with van der Waals surface area (Å²) >= 11 is 0. The van der Waals surface area contributed by atoms with Crippen molar-refractivity contribution in [2.45, 2.75) is 0 Å². The van der Waals surface area contributed by atoms with E-state index in [9.17, 15) is 9.18 Å². The fourth-order valence-corrected chi connectivity index (χ4v) is 3.47. The molecule has 0 spiro atoms. The lowest BCUT2D eigenvalue weighted by Gasteiger charge is -2.06. The average Bonchev–Trinajstić information content (AvgIpc) is 3.23. The van der Waals surface area contributed by atoms with Crippen LogP contribution in [-0.4, -0.2) is 26.1 Å². The van der Waals surface area contributed by atoms with Crippen molar-refractivity contribution in [3.05, 3.63) is 90.8 Å². The van der Waals surface area contributed by atoms with Crippen molar-refractivity contribution in [2.75, 3.05) is 11.1 Å². The first kappa shape index (κ1) is 19.4. The SMILES string of the molecule is Nc1cncc(-c2ccc3[nH]nc(C(=O)Nc4ccc(-c5ccccc5F)nc4)c3c2)c1. The van der Waals surface area contributed by atoms with Gasteiger partial charge in [0.1, 0.15) is 5.82 Å². The number of anilines is 2. The van der Waals surface area contributed by atoms with Crippen LogP contribution >= 0.6 is 0 Å². The van der Waals surface area contributed by atoms with E-state index in [-0.39, 0.29) is 17.4 Å². The number of rotatable bonds is 4. The molecule has 0 aliphatic rings. The third-order valence-corrected chi connectivity index (χ3v) is 5.04. The van der Waals surface area contributed by atoms with Crippen molar-refractivity contribution >= 4 is 28.2 Å². The Morgan fingerprint density at radius 3 is 2.62 bits per heavy atom. The molecule has 156 valence electrons. The molecule has 0 aliphatic carbocycles. The summed E-state index contributed by atoms with van der Waals surface area (Å²) in [6.45, 7) is 0. The predicted octanol–water partition coefficient (Wildman–Crippen LogP) is 4.66. The highest BCUT2D eigenvalue weighted by Crippen LogP contribution is 2.27. The van der Waals surface area contributed by atoms with Crippen LogP contribution in [0.25, 0.3) is 33.3 Å². The van der Waals surface area contributed by atoms with E-state index in [4.69, 9.17) is 5.73 Å². The van der Waals surface area contributed by atoms with Gasteiger partial charge in [0.05, 0.1) is 28.8 Å². The Hall–Kier alpha value is -4.59. The normalized spacial score (nSPS) is 10.9. The molecule has 0 saturated heterocycles. The molecule has 0 bridgehead atoms. The first-order valence-electron chi connectivity index (χ1n) is 9.80. The number of carbonyl (C=O) groups excluding carboxylic acids is 1. The van der Waals surface area contributed by atoms with Gasteiger partial charge in [0.2, 0.25) is 0 Å². The summed E-state index contributed by atoms with van der Waals surface area (Å²) in [7, 11) is 0. The van der Waals surface area contributed by atoms with E-state index >= 15 is 0 Å². The molecule has 32 heavy (non-hydrogen) atoms. The monoisotopic (exact) mass is 424 g/mol. The molecule has 3 aromatic heterocycles. The highest BCUT2D eigenvalue weighted by molar-refractivity contribution is 6.11. The van der Waals surface area contributed by atoms with E-state index < -0.39 is 0 Å². The Balaban J connectivity index is 1.41. The number of benzene rings is 2. The lowest BCUT2D eigenvalue weighted by Crippen LogP contribution is -2.13. The average molecular weight is 424 g/mol. The quantitative estimate of drug-likeness (QED) is 0.389. The minimum absolute atomic E-state index is 0.247. The number of nitrogen functional groups attached to an aromatic ring is 1. The highest BCUT2D eigenvalue weighted by atomic mass is 19.1. The number of nitrogens with one attached hydrogen (secondary N) is 2. The minimum atomic E-state index is -0.389. The fraction of sp³-hybridized carbons (Fsp3) is 0. The smallest absolute Gasteiger partial charge is 0.276 e. The zero-order chi connectivity index (χ0) is 22.1. The fourth-order valence-electron chi connectivity index (χ4n) is 3.47. The van der Waals surface area contributed by atoms with Crippen LogP contribution in [0.1, 0.15) is 10.5 Å². The second-order valence-electron chi connectivity index (χ2n) is 7.21. The van der Waals surface area contributed by atoms with Gasteiger partial charge in [-0.05, 0) is 48.0 Å². The number of hydrogen-bond acceptors (Lipinski definition) is 5. The maximum absolute atomic E-state index is 14.0. The van der Waals surface area contributed by atoms with Gasteiger partial charge in [-0.3, -0.25) is 19.9 Å². The van der Waals surface area contributed by atoms with Crippen molar-refractivity contribution in [1.82, 2.24) is 20.2 Å². The van der Waals surface area contributed by atoms with E-state index in [0.29, 0.717) is 28.0 Å². The molecule has 0 aliphatic heterocycles. The Labute approximate surface area is 182 Å². The standard InChI is InChI=1S/C24H17FN6O/c25-20-4-2-1-3-18(20)21-8-6-17(13-28-21)29-24(32)23-19-10-14(5-7-22(19)30-31-23)15-9-16(26)12-27-11-15/h1-13H,26H2,(H,29,32)(H,30,31). The number of nitrogens with two attached hydrogens (primary N) is 1. The Morgan fingerprint density at radius 2 is 1.84 bits per heavy atom.